The predicted molar refractivity (Wildman–Crippen MR) is 50.2 cm³/mol. The standard InChI is InChI=1S/C11H5F4O.H2/c12-9-5-7(11(13,14)15)3-4-8(9)10(16)6-1-2-6;/h1-5H;1H. The first-order valence-electron chi connectivity index (χ1n) is 4.36. The van der Waals surface area contributed by atoms with Gasteiger partial charge in [0, 0.05) is 13.4 Å². The lowest BCUT2D eigenvalue weighted by Gasteiger charge is -2.07. The molecule has 1 aromatic carbocycles. The van der Waals surface area contributed by atoms with Gasteiger partial charge in [-0.1, -0.05) is 6.08 Å². The molecule has 85 valence electrons. The summed E-state index contributed by atoms with van der Waals surface area (Å²) in [5, 5.41) is 0. The molecular formula is C11H7F4O. The Labute approximate surface area is 89.9 Å². The van der Waals surface area contributed by atoms with Gasteiger partial charge in [0.2, 0.25) is 0 Å². The van der Waals surface area contributed by atoms with Gasteiger partial charge in [-0.05, 0) is 18.2 Å². The SMILES string of the molecule is O=C(C1=C[CH]1)c1ccc(C(F)(F)F)cc1F.[HH]. The fourth-order valence-corrected chi connectivity index (χ4v) is 1.22. The molecular weight excluding hydrogens is 224 g/mol. The van der Waals surface area contributed by atoms with Crippen LogP contribution in [0.2, 0.25) is 0 Å². The number of hydrogen-bond acceptors (Lipinski definition) is 1. The Morgan fingerprint density at radius 1 is 1.25 bits per heavy atom. The van der Waals surface area contributed by atoms with Crippen molar-refractivity contribution >= 4 is 5.78 Å². The number of hydrogen-bond donors (Lipinski definition) is 0. The van der Waals surface area contributed by atoms with Gasteiger partial charge in [-0.15, -0.1) is 0 Å². The average Bonchev–Trinajstić information content (AvgIpc) is 2.98. The molecule has 1 aromatic rings. The van der Waals surface area contributed by atoms with Gasteiger partial charge in [0.25, 0.3) is 0 Å². The van der Waals surface area contributed by atoms with E-state index >= 15 is 0 Å². The number of ketones is 1. The summed E-state index contributed by atoms with van der Waals surface area (Å²) in [6, 6.07) is 1.88. The van der Waals surface area contributed by atoms with E-state index in [4.69, 9.17) is 0 Å². The maximum absolute atomic E-state index is 13.3. The maximum Gasteiger partial charge on any atom is 0.416 e. The van der Waals surface area contributed by atoms with E-state index in [9.17, 15) is 22.4 Å². The summed E-state index contributed by atoms with van der Waals surface area (Å²) in [7, 11) is 0. The molecule has 0 atom stereocenters. The highest BCUT2D eigenvalue weighted by Crippen LogP contribution is 2.31. The van der Waals surface area contributed by atoms with Gasteiger partial charge >= 0.3 is 6.18 Å². The normalized spacial score (nSPS) is 14.6. The fourth-order valence-electron chi connectivity index (χ4n) is 1.22. The molecule has 0 amide bonds. The number of halogens is 4. The van der Waals surface area contributed by atoms with Crippen molar-refractivity contribution in [1.29, 1.82) is 0 Å². The summed E-state index contributed by atoms with van der Waals surface area (Å²) in [6.07, 6.45) is -1.66. The van der Waals surface area contributed by atoms with E-state index in [1.54, 1.807) is 0 Å². The number of Topliss-reactive ketones (excluding diaryl/α,β-unsaturated/α-hetero) is 1. The van der Waals surface area contributed by atoms with Crippen molar-refractivity contribution in [1.82, 2.24) is 0 Å². The number of benzene rings is 1. The van der Waals surface area contributed by atoms with Gasteiger partial charge in [-0.2, -0.15) is 13.2 Å². The van der Waals surface area contributed by atoms with Crippen molar-refractivity contribution < 1.29 is 23.8 Å². The molecule has 0 heterocycles. The highest BCUT2D eigenvalue weighted by atomic mass is 19.4. The zero-order valence-corrected chi connectivity index (χ0v) is 7.81. The van der Waals surface area contributed by atoms with E-state index in [1.807, 2.05) is 0 Å². The molecule has 5 heteroatoms. The van der Waals surface area contributed by atoms with Gasteiger partial charge in [-0.3, -0.25) is 4.79 Å². The Balaban J connectivity index is 0.00000144. The predicted octanol–water partition coefficient (Wildman–Crippen LogP) is 3.42. The van der Waals surface area contributed by atoms with Gasteiger partial charge in [0.15, 0.2) is 5.78 Å². The molecule has 0 N–H and O–H groups in total. The largest absolute Gasteiger partial charge is 0.416 e. The van der Waals surface area contributed by atoms with E-state index in [0.29, 0.717) is 17.7 Å². The zero-order chi connectivity index (χ0) is 11.9. The second kappa shape index (κ2) is 3.43. The molecule has 1 radical (unpaired) electrons. The minimum Gasteiger partial charge on any atom is -0.289 e. The first kappa shape index (κ1) is 10.9. The topological polar surface area (TPSA) is 17.1 Å². The highest BCUT2D eigenvalue weighted by molar-refractivity contribution is 6.14. The molecule has 16 heavy (non-hydrogen) atoms. The molecule has 0 unspecified atom stereocenters. The Bertz CT molecular complexity index is 491. The fraction of sp³-hybridized carbons (Fsp3) is 0.0909. The van der Waals surface area contributed by atoms with Crippen LogP contribution in [0.3, 0.4) is 0 Å². The van der Waals surface area contributed by atoms with E-state index in [0.717, 1.165) is 6.07 Å². The summed E-state index contributed by atoms with van der Waals surface area (Å²) in [6.45, 7) is 0. The average molecular weight is 231 g/mol. The lowest BCUT2D eigenvalue weighted by atomic mass is 10.1. The van der Waals surface area contributed by atoms with Crippen LogP contribution in [0.1, 0.15) is 17.3 Å². The van der Waals surface area contributed by atoms with Crippen molar-refractivity contribution in [2.75, 3.05) is 0 Å². The van der Waals surface area contributed by atoms with E-state index in [2.05, 4.69) is 0 Å². The molecule has 1 nitrogen and oxygen atoms in total. The van der Waals surface area contributed by atoms with Crippen molar-refractivity contribution in [3.8, 4) is 0 Å². The maximum atomic E-state index is 13.3. The van der Waals surface area contributed by atoms with Crippen LogP contribution in [0.15, 0.2) is 29.8 Å². The number of carbonyl (C=O) groups excluding carboxylic acids is 1. The molecule has 1 aliphatic carbocycles. The van der Waals surface area contributed by atoms with E-state index < -0.39 is 23.3 Å². The molecule has 0 aromatic heterocycles. The Morgan fingerprint density at radius 2 is 1.88 bits per heavy atom. The summed E-state index contributed by atoms with van der Waals surface area (Å²) >= 11 is 0. The Kier molecular flexibility index (Phi) is 2.33. The van der Waals surface area contributed by atoms with Crippen molar-refractivity contribution in [3.63, 3.8) is 0 Å². The summed E-state index contributed by atoms with van der Waals surface area (Å²) in [5.41, 5.74) is -1.12. The van der Waals surface area contributed by atoms with Crippen LogP contribution >= 0.6 is 0 Å². The van der Waals surface area contributed by atoms with Crippen molar-refractivity contribution in [2.24, 2.45) is 0 Å². The first-order valence-corrected chi connectivity index (χ1v) is 4.36. The number of alkyl halides is 3. The Morgan fingerprint density at radius 3 is 2.31 bits per heavy atom. The van der Waals surface area contributed by atoms with Crippen LogP contribution in [0.25, 0.3) is 0 Å². The lowest BCUT2D eigenvalue weighted by Crippen LogP contribution is -2.08. The summed E-state index contributed by atoms with van der Waals surface area (Å²) < 4.78 is 49.9. The Hall–Kier alpha value is -1.65. The van der Waals surface area contributed by atoms with Crippen LogP contribution in [0.5, 0.6) is 0 Å². The minimum atomic E-state index is -4.60. The van der Waals surface area contributed by atoms with Gasteiger partial charge in [-0.25, -0.2) is 4.39 Å². The highest BCUT2D eigenvalue weighted by Gasteiger charge is 2.32. The zero-order valence-electron chi connectivity index (χ0n) is 7.81. The van der Waals surface area contributed by atoms with E-state index in [1.165, 1.54) is 12.5 Å². The first-order chi connectivity index (χ1) is 7.39. The molecule has 2 rings (SSSR count). The van der Waals surface area contributed by atoms with Crippen LogP contribution in [-0.4, -0.2) is 5.78 Å². The second-order valence-corrected chi connectivity index (χ2v) is 3.31. The third-order valence-corrected chi connectivity index (χ3v) is 2.14. The van der Waals surface area contributed by atoms with Crippen LogP contribution < -0.4 is 0 Å². The minimum absolute atomic E-state index is 0. The lowest BCUT2D eigenvalue weighted by molar-refractivity contribution is -0.137. The van der Waals surface area contributed by atoms with Crippen LogP contribution in [0, 0.1) is 12.2 Å². The molecule has 0 saturated heterocycles. The molecule has 0 spiro atoms. The van der Waals surface area contributed by atoms with Gasteiger partial charge < -0.3 is 0 Å². The molecule has 0 bridgehead atoms. The molecule has 0 saturated carbocycles. The molecule has 0 fully saturated rings. The van der Waals surface area contributed by atoms with Gasteiger partial charge in [0.05, 0.1) is 11.1 Å². The van der Waals surface area contributed by atoms with E-state index in [-0.39, 0.29) is 6.99 Å². The number of rotatable bonds is 2. The number of carbonyl (C=O) groups is 1. The summed E-state index contributed by atoms with van der Waals surface area (Å²) in [5.74, 6) is -1.74. The summed E-state index contributed by atoms with van der Waals surface area (Å²) in [4.78, 5) is 11.4. The third kappa shape index (κ3) is 1.98. The smallest absolute Gasteiger partial charge is 0.289 e. The second-order valence-electron chi connectivity index (χ2n) is 3.31. The van der Waals surface area contributed by atoms with Crippen LogP contribution in [0.4, 0.5) is 17.6 Å². The van der Waals surface area contributed by atoms with Crippen molar-refractivity contribution in [3.05, 3.63) is 53.2 Å². The van der Waals surface area contributed by atoms with Crippen molar-refractivity contribution in [2.45, 2.75) is 6.18 Å². The monoisotopic (exact) mass is 231 g/mol. The van der Waals surface area contributed by atoms with Gasteiger partial charge in [0.1, 0.15) is 5.82 Å². The number of allylic oxidation sites excluding steroid dienone is 2. The molecule has 0 aliphatic heterocycles. The van der Waals surface area contributed by atoms with Crippen LogP contribution in [-0.2, 0) is 6.18 Å². The third-order valence-electron chi connectivity index (χ3n) is 2.14. The molecule has 1 aliphatic rings. The quantitative estimate of drug-likeness (QED) is 0.563.